The zero-order valence-electron chi connectivity index (χ0n) is 13.3. The van der Waals surface area contributed by atoms with E-state index in [9.17, 15) is 22.8 Å². The number of nitrogens with one attached hydrogen (secondary N) is 1. The molecule has 2 aromatic heterocycles. The average molecular weight is 423 g/mol. The standard InChI is InChI=1S/C13H14BrF3N6O2/c1-5-8(14)10(13(15,16)17)21-23(5)6(2)12(25)20-7-4-19-22(3)9(7)11(18)24/h4,6H,1-3H3,(H2,18,24)(H,20,25)/t6-/m0/s1. The van der Waals surface area contributed by atoms with Gasteiger partial charge in [-0.3, -0.25) is 19.0 Å². The van der Waals surface area contributed by atoms with Gasteiger partial charge in [0.2, 0.25) is 5.91 Å². The molecule has 0 aliphatic carbocycles. The van der Waals surface area contributed by atoms with E-state index in [1.807, 2.05) is 0 Å². The van der Waals surface area contributed by atoms with Crippen LogP contribution in [0.15, 0.2) is 10.7 Å². The number of rotatable bonds is 4. The molecule has 0 aliphatic rings. The SMILES string of the molecule is Cc1c(Br)c(C(F)(F)F)nn1[C@@H](C)C(=O)Nc1cnn(C)c1C(N)=O. The number of nitrogens with two attached hydrogens (primary N) is 1. The van der Waals surface area contributed by atoms with Crippen LogP contribution in [-0.4, -0.2) is 31.4 Å². The van der Waals surface area contributed by atoms with E-state index >= 15 is 0 Å². The Hall–Kier alpha value is -2.37. The highest BCUT2D eigenvalue weighted by molar-refractivity contribution is 9.10. The van der Waals surface area contributed by atoms with Gasteiger partial charge in [0.05, 0.1) is 22.1 Å². The van der Waals surface area contributed by atoms with E-state index in [1.54, 1.807) is 0 Å². The van der Waals surface area contributed by atoms with Crippen molar-refractivity contribution in [2.24, 2.45) is 12.8 Å². The largest absolute Gasteiger partial charge is 0.436 e. The molecule has 0 aliphatic heterocycles. The molecule has 12 heteroatoms. The van der Waals surface area contributed by atoms with Crippen molar-refractivity contribution in [2.75, 3.05) is 5.32 Å². The first-order valence-electron chi connectivity index (χ1n) is 6.89. The van der Waals surface area contributed by atoms with Gasteiger partial charge < -0.3 is 11.1 Å². The molecular weight excluding hydrogens is 409 g/mol. The van der Waals surface area contributed by atoms with E-state index in [1.165, 1.54) is 31.8 Å². The Bertz CT molecular complexity index is 842. The summed E-state index contributed by atoms with van der Waals surface area (Å²) in [6.45, 7) is 2.78. The Balaban J connectivity index is 2.32. The minimum absolute atomic E-state index is 0.0325. The summed E-state index contributed by atoms with van der Waals surface area (Å²) in [5, 5.41) is 9.72. The van der Waals surface area contributed by atoms with Gasteiger partial charge in [-0.05, 0) is 29.8 Å². The quantitative estimate of drug-likeness (QED) is 0.785. The third-order valence-electron chi connectivity index (χ3n) is 3.52. The lowest BCUT2D eigenvalue weighted by Gasteiger charge is -2.14. The second-order valence-electron chi connectivity index (χ2n) is 5.25. The molecule has 2 amide bonds. The van der Waals surface area contributed by atoms with E-state index in [0.29, 0.717) is 0 Å². The van der Waals surface area contributed by atoms with E-state index in [2.05, 4.69) is 31.4 Å². The second kappa shape index (κ2) is 6.50. The number of aromatic nitrogens is 4. The molecule has 0 spiro atoms. The van der Waals surface area contributed by atoms with Crippen molar-refractivity contribution in [3.8, 4) is 0 Å². The third kappa shape index (κ3) is 3.52. The lowest BCUT2D eigenvalue weighted by atomic mass is 10.2. The topological polar surface area (TPSA) is 108 Å². The molecule has 1 atom stereocenters. The molecule has 0 bridgehead atoms. The van der Waals surface area contributed by atoms with Crippen LogP contribution < -0.4 is 11.1 Å². The number of carbonyl (C=O) groups is 2. The zero-order chi connectivity index (χ0) is 19.1. The first kappa shape index (κ1) is 19.0. The normalized spacial score (nSPS) is 12.9. The number of anilines is 1. The van der Waals surface area contributed by atoms with Crippen molar-refractivity contribution >= 4 is 33.4 Å². The number of hydrogen-bond donors (Lipinski definition) is 2. The van der Waals surface area contributed by atoms with Crippen LogP contribution in [0.5, 0.6) is 0 Å². The number of primary amides is 1. The molecule has 0 aromatic carbocycles. The zero-order valence-corrected chi connectivity index (χ0v) is 14.9. The summed E-state index contributed by atoms with van der Waals surface area (Å²) in [5.41, 5.74) is 4.26. The van der Waals surface area contributed by atoms with Gasteiger partial charge in [0.15, 0.2) is 5.69 Å². The minimum Gasteiger partial charge on any atom is -0.364 e. The number of carbonyl (C=O) groups excluding carboxylic acids is 2. The van der Waals surface area contributed by atoms with Gasteiger partial charge in [-0.1, -0.05) is 0 Å². The summed E-state index contributed by atoms with van der Waals surface area (Å²) in [5.74, 6) is -1.48. The van der Waals surface area contributed by atoms with Crippen LogP contribution in [0.1, 0.15) is 34.8 Å². The Morgan fingerprint density at radius 3 is 2.48 bits per heavy atom. The van der Waals surface area contributed by atoms with Crippen molar-refractivity contribution in [1.82, 2.24) is 19.6 Å². The summed E-state index contributed by atoms with van der Waals surface area (Å²) < 4.78 is 40.7. The highest BCUT2D eigenvalue weighted by Gasteiger charge is 2.39. The fraction of sp³-hybridized carbons (Fsp3) is 0.385. The minimum atomic E-state index is -4.66. The predicted molar refractivity (Wildman–Crippen MR) is 84.7 cm³/mol. The molecule has 8 nitrogen and oxygen atoms in total. The van der Waals surface area contributed by atoms with Crippen LogP contribution in [0, 0.1) is 6.92 Å². The number of aryl methyl sites for hydroxylation is 1. The van der Waals surface area contributed by atoms with E-state index < -0.39 is 29.7 Å². The maximum absolute atomic E-state index is 12.9. The molecule has 3 N–H and O–H groups in total. The summed E-state index contributed by atoms with van der Waals surface area (Å²) in [6.07, 6.45) is -3.44. The molecule has 0 fully saturated rings. The van der Waals surface area contributed by atoms with Gasteiger partial charge in [-0.2, -0.15) is 23.4 Å². The van der Waals surface area contributed by atoms with Gasteiger partial charge in [-0.15, -0.1) is 0 Å². The summed E-state index contributed by atoms with van der Waals surface area (Å²) in [4.78, 5) is 23.8. The Kier molecular flexibility index (Phi) is 4.93. The fourth-order valence-corrected chi connectivity index (χ4v) is 2.71. The first-order valence-corrected chi connectivity index (χ1v) is 7.68. The Labute approximate surface area is 148 Å². The molecule has 2 aromatic rings. The lowest BCUT2D eigenvalue weighted by Crippen LogP contribution is -2.27. The van der Waals surface area contributed by atoms with E-state index in [0.717, 1.165) is 4.68 Å². The number of nitrogens with zero attached hydrogens (tertiary/aromatic N) is 4. The predicted octanol–water partition coefficient (Wildman–Crippen LogP) is 2.00. The fourth-order valence-electron chi connectivity index (χ4n) is 2.23. The van der Waals surface area contributed by atoms with E-state index in [-0.39, 0.29) is 21.5 Å². The van der Waals surface area contributed by atoms with Crippen molar-refractivity contribution in [3.05, 3.63) is 27.8 Å². The lowest BCUT2D eigenvalue weighted by molar-refractivity contribution is -0.142. The molecule has 0 saturated heterocycles. The average Bonchev–Trinajstić information content (AvgIpc) is 2.99. The van der Waals surface area contributed by atoms with Crippen molar-refractivity contribution in [1.29, 1.82) is 0 Å². The number of alkyl halides is 3. The molecule has 0 saturated carbocycles. The molecular formula is C13H14BrF3N6O2. The third-order valence-corrected chi connectivity index (χ3v) is 4.47. The van der Waals surface area contributed by atoms with Crippen LogP contribution in [0.4, 0.5) is 18.9 Å². The van der Waals surface area contributed by atoms with Gasteiger partial charge in [0.1, 0.15) is 11.7 Å². The number of amides is 2. The molecule has 2 rings (SSSR count). The first-order chi connectivity index (χ1) is 11.4. The van der Waals surface area contributed by atoms with Crippen molar-refractivity contribution < 1.29 is 22.8 Å². The van der Waals surface area contributed by atoms with Crippen LogP contribution in [-0.2, 0) is 18.0 Å². The molecule has 0 unspecified atom stereocenters. The van der Waals surface area contributed by atoms with Crippen LogP contribution >= 0.6 is 15.9 Å². The van der Waals surface area contributed by atoms with Crippen molar-refractivity contribution in [3.63, 3.8) is 0 Å². The second-order valence-corrected chi connectivity index (χ2v) is 6.04. The molecule has 2 heterocycles. The number of hydrogen-bond acceptors (Lipinski definition) is 4. The van der Waals surface area contributed by atoms with Gasteiger partial charge >= 0.3 is 6.18 Å². The maximum atomic E-state index is 12.9. The summed E-state index contributed by atoms with van der Waals surface area (Å²) in [6, 6.07) is -1.08. The highest BCUT2D eigenvalue weighted by atomic mass is 79.9. The van der Waals surface area contributed by atoms with Crippen LogP contribution in [0.25, 0.3) is 0 Å². The Morgan fingerprint density at radius 1 is 1.40 bits per heavy atom. The molecule has 0 radical (unpaired) electrons. The van der Waals surface area contributed by atoms with Gasteiger partial charge in [-0.25, -0.2) is 0 Å². The summed E-state index contributed by atoms with van der Waals surface area (Å²) >= 11 is 2.85. The maximum Gasteiger partial charge on any atom is 0.436 e. The van der Waals surface area contributed by atoms with Gasteiger partial charge in [0, 0.05) is 7.05 Å². The van der Waals surface area contributed by atoms with E-state index in [4.69, 9.17) is 5.73 Å². The molecule has 25 heavy (non-hydrogen) atoms. The van der Waals surface area contributed by atoms with Gasteiger partial charge in [0.25, 0.3) is 5.91 Å². The monoisotopic (exact) mass is 422 g/mol. The van der Waals surface area contributed by atoms with Crippen molar-refractivity contribution in [2.45, 2.75) is 26.1 Å². The smallest absolute Gasteiger partial charge is 0.364 e. The van der Waals surface area contributed by atoms with Crippen LogP contribution in [0.2, 0.25) is 0 Å². The number of halogens is 4. The van der Waals surface area contributed by atoms with Crippen LogP contribution in [0.3, 0.4) is 0 Å². The Morgan fingerprint density at radius 2 is 2.00 bits per heavy atom. The molecule has 136 valence electrons. The summed E-state index contributed by atoms with van der Waals surface area (Å²) in [7, 11) is 1.46. The highest BCUT2D eigenvalue weighted by Crippen LogP contribution is 2.36.